The van der Waals surface area contributed by atoms with Gasteiger partial charge in [-0.2, -0.15) is 0 Å². The monoisotopic (exact) mass is 251 g/mol. The SMILES string of the molecule is CC1(C)CCCN1C1(CN)CCN2CCCCC21. The second kappa shape index (κ2) is 4.46. The summed E-state index contributed by atoms with van der Waals surface area (Å²) in [6, 6.07) is 0.730. The summed E-state index contributed by atoms with van der Waals surface area (Å²) < 4.78 is 0. The van der Waals surface area contributed by atoms with Crippen LogP contribution in [0.15, 0.2) is 0 Å². The lowest BCUT2D eigenvalue weighted by Crippen LogP contribution is -2.65. The average molecular weight is 251 g/mol. The van der Waals surface area contributed by atoms with Gasteiger partial charge in [0.05, 0.1) is 5.54 Å². The fraction of sp³-hybridized carbons (Fsp3) is 1.00. The Kier molecular flexibility index (Phi) is 3.20. The van der Waals surface area contributed by atoms with Crippen molar-refractivity contribution in [3.05, 3.63) is 0 Å². The topological polar surface area (TPSA) is 32.5 Å². The largest absolute Gasteiger partial charge is 0.329 e. The Bertz CT molecular complexity index is 315. The second-order valence-electron chi connectivity index (χ2n) is 7.17. The van der Waals surface area contributed by atoms with E-state index in [-0.39, 0.29) is 5.54 Å². The Hall–Kier alpha value is -0.120. The third-order valence-electron chi connectivity index (χ3n) is 5.86. The Morgan fingerprint density at radius 3 is 2.56 bits per heavy atom. The molecular weight excluding hydrogens is 222 g/mol. The summed E-state index contributed by atoms with van der Waals surface area (Å²) >= 11 is 0. The van der Waals surface area contributed by atoms with Crippen LogP contribution < -0.4 is 5.73 Å². The van der Waals surface area contributed by atoms with Gasteiger partial charge in [-0.05, 0) is 59.0 Å². The number of likely N-dealkylation sites (tertiary alicyclic amines) is 1. The summed E-state index contributed by atoms with van der Waals surface area (Å²) in [7, 11) is 0. The van der Waals surface area contributed by atoms with Gasteiger partial charge in [-0.25, -0.2) is 0 Å². The van der Waals surface area contributed by atoms with Gasteiger partial charge in [0.1, 0.15) is 0 Å². The molecule has 3 fully saturated rings. The smallest absolute Gasteiger partial charge is 0.0504 e. The highest BCUT2D eigenvalue weighted by atomic mass is 15.4. The first-order valence-corrected chi connectivity index (χ1v) is 7.82. The molecule has 3 aliphatic heterocycles. The van der Waals surface area contributed by atoms with Crippen LogP contribution >= 0.6 is 0 Å². The Labute approximate surface area is 112 Å². The van der Waals surface area contributed by atoms with Crippen LogP contribution in [0.1, 0.15) is 52.4 Å². The number of piperidine rings is 1. The van der Waals surface area contributed by atoms with Crippen molar-refractivity contribution >= 4 is 0 Å². The molecule has 104 valence electrons. The first-order chi connectivity index (χ1) is 8.60. The van der Waals surface area contributed by atoms with Gasteiger partial charge in [-0.15, -0.1) is 0 Å². The summed E-state index contributed by atoms with van der Waals surface area (Å²) in [6.07, 6.45) is 8.13. The van der Waals surface area contributed by atoms with Crippen molar-refractivity contribution in [2.24, 2.45) is 5.73 Å². The third-order valence-corrected chi connectivity index (χ3v) is 5.86. The van der Waals surface area contributed by atoms with Gasteiger partial charge in [0.2, 0.25) is 0 Å². The normalized spacial score (nSPS) is 41.2. The molecule has 3 rings (SSSR count). The molecule has 0 amide bonds. The molecule has 2 atom stereocenters. The predicted octanol–water partition coefficient (Wildman–Crippen LogP) is 1.82. The minimum atomic E-state index is 0.278. The zero-order chi connectivity index (χ0) is 12.8. The summed E-state index contributed by atoms with van der Waals surface area (Å²) in [5, 5.41) is 0. The van der Waals surface area contributed by atoms with Crippen LogP contribution in [0.3, 0.4) is 0 Å². The molecule has 0 bridgehead atoms. The molecule has 0 radical (unpaired) electrons. The summed E-state index contributed by atoms with van der Waals surface area (Å²) in [4.78, 5) is 5.51. The van der Waals surface area contributed by atoms with E-state index in [0.717, 1.165) is 12.6 Å². The van der Waals surface area contributed by atoms with Crippen molar-refractivity contribution in [1.29, 1.82) is 0 Å². The molecule has 3 heterocycles. The molecule has 3 aliphatic rings. The lowest BCUT2D eigenvalue weighted by atomic mass is 9.81. The van der Waals surface area contributed by atoms with Crippen LogP contribution in [0.4, 0.5) is 0 Å². The van der Waals surface area contributed by atoms with E-state index < -0.39 is 0 Å². The fourth-order valence-electron chi connectivity index (χ4n) is 4.97. The van der Waals surface area contributed by atoms with Gasteiger partial charge in [0, 0.05) is 24.7 Å². The van der Waals surface area contributed by atoms with Gasteiger partial charge < -0.3 is 5.73 Å². The van der Waals surface area contributed by atoms with E-state index in [1.54, 1.807) is 0 Å². The van der Waals surface area contributed by atoms with E-state index in [1.807, 2.05) is 0 Å². The van der Waals surface area contributed by atoms with Gasteiger partial charge in [-0.3, -0.25) is 9.80 Å². The van der Waals surface area contributed by atoms with Crippen LogP contribution in [-0.2, 0) is 0 Å². The number of nitrogens with two attached hydrogens (primary N) is 1. The molecule has 2 N–H and O–H groups in total. The molecule has 3 nitrogen and oxygen atoms in total. The van der Waals surface area contributed by atoms with Crippen molar-refractivity contribution in [1.82, 2.24) is 9.80 Å². The molecule has 2 unspecified atom stereocenters. The molecule has 3 saturated heterocycles. The molecule has 18 heavy (non-hydrogen) atoms. The van der Waals surface area contributed by atoms with Crippen molar-refractivity contribution < 1.29 is 0 Å². The molecule has 0 aromatic rings. The van der Waals surface area contributed by atoms with Crippen LogP contribution in [0, 0.1) is 0 Å². The number of rotatable bonds is 2. The van der Waals surface area contributed by atoms with Crippen molar-refractivity contribution in [2.45, 2.75) is 69.5 Å². The quantitative estimate of drug-likeness (QED) is 0.812. The second-order valence-corrected chi connectivity index (χ2v) is 7.17. The van der Waals surface area contributed by atoms with Crippen LogP contribution in [-0.4, -0.2) is 53.1 Å². The lowest BCUT2D eigenvalue weighted by Gasteiger charge is -2.51. The Balaban J connectivity index is 1.90. The van der Waals surface area contributed by atoms with E-state index in [2.05, 4.69) is 23.6 Å². The summed E-state index contributed by atoms with van der Waals surface area (Å²) in [5.74, 6) is 0. The highest BCUT2D eigenvalue weighted by Gasteiger charge is 2.54. The van der Waals surface area contributed by atoms with Gasteiger partial charge in [0.15, 0.2) is 0 Å². The highest BCUT2D eigenvalue weighted by Crippen LogP contribution is 2.45. The lowest BCUT2D eigenvalue weighted by molar-refractivity contribution is -0.00273. The van der Waals surface area contributed by atoms with E-state index in [0.29, 0.717) is 5.54 Å². The first-order valence-electron chi connectivity index (χ1n) is 7.82. The maximum absolute atomic E-state index is 6.31. The first kappa shape index (κ1) is 12.9. The number of nitrogens with zero attached hydrogens (tertiary/aromatic N) is 2. The van der Waals surface area contributed by atoms with E-state index in [1.165, 1.54) is 58.2 Å². The van der Waals surface area contributed by atoms with Gasteiger partial charge in [-0.1, -0.05) is 6.42 Å². The zero-order valence-corrected chi connectivity index (χ0v) is 12.1. The average Bonchev–Trinajstić information content (AvgIpc) is 2.90. The third kappa shape index (κ3) is 1.75. The minimum Gasteiger partial charge on any atom is -0.329 e. The summed E-state index contributed by atoms with van der Waals surface area (Å²) in [6.45, 7) is 9.52. The van der Waals surface area contributed by atoms with Crippen LogP contribution in [0.5, 0.6) is 0 Å². The molecule has 0 spiro atoms. The van der Waals surface area contributed by atoms with Gasteiger partial charge >= 0.3 is 0 Å². The number of hydrogen-bond donors (Lipinski definition) is 1. The molecule has 3 heteroatoms. The highest BCUT2D eigenvalue weighted by molar-refractivity contribution is 5.12. The zero-order valence-electron chi connectivity index (χ0n) is 12.1. The molecule has 0 aliphatic carbocycles. The molecular formula is C15H29N3. The standard InChI is InChI=1S/C15H29N3/c1-14(2)7-5-10-18(14)15(12-16)8-11-17-9-4-3-6-13(15)17/h13H,3-12,16H2,1-2H3. The van der Waals surface area contributed by atoms with Crippen LogP contribution in [0.2, 0.25) is 0 Å². The van der Waals surface area contributed by atoms with Crippen LogP contribution in [0.25, 0.3) is 0 Å². The summed E-state index contributed by atoms with van der Waals surface area (Å²) in [5.41, 5.74) is 6.94. The van der Waals surface area contributed by atoms with E-state index in [9.17, 15) is 0 Å². The van der Waals surface area contributed by atoms with Gasteiger partial charge in [0.25, 0.3) is 0 Å². The van der Waals surface area contributed by atoms with E-state index in [4.69, 9.17) is 5.73 Å². The Morgan fingerprint density at radius 1 is 1.06 bits per heavy atom. The van der Waals surface area contributed by atoms with Crippen molar-refractivity contribution in [2.75, 3.05) is 26.2 Å². The maximum Gasteiger partial charge on any atom is 0.0504 e. The molecule has 0 aromatic heterocycles. The van der Waals surface area contributed by atoms with E-state index >= 15 is 0 Å². The van der Waals surface area contributed by atoms with Crippen molar-refractivity contribution in [3.8, 4) is 0 Å². The minimum absolute atomic E-state index is 0.278. The molecule has 0 saturated carbocycles. The Morgan fingerprint density at radius 2 is 1.89 bits per heavy atom. The number of hydrogen-bond acceptors (Lipinski definition) is 3. The number of fused-ring (bicyclic) bond motifs is 1. The fourth-order valence-corrected chi connectivity index (χ4v) is 4.97. The predicted molar refractivity (Wildman–Crippen MR) is 75.6 cm³/mol. The molecule has 0 aromatic carbocycles. The van der Waals surface area contributed by atoms with Crippen molar-refractivity contribution in [3.63, 3.8) is 0 Å². The maximum atomic E-state index is 6.31.